The second-order valence-electron chi connectivity index (χ2n) is 5.65. The van der Waals surface area contributed by atoms with E-state index < -0.39 is 0 Å². The second-order valence-corrected chi connectivity index (χ2v) is 5.65. The van der Waals surface area contributed by atoms with Crippen molar-refractivity contribution in [1.29, 1.82) is 0 Å². The highest BCUT2D eigenvalue weighted by molar-refractivity contribution is 5.17. The Labute approximate surface area is 81.9 Å². The van der Waals surface area contributed by atoms with Crippen LogP contribution in [0, 0.1) is 10.8 Å². The van der Waals surface area contributed by atoms with E-state index in [9.17, 15) is 5.11 Å². The zero-order chi connectivity index (χ0) is 10.1. The molecule has 0 radical (unpaired) electrons. The largest absolute Gasteiger partial charge is 0.395 e. The summed E-state index contributed by atoms with van der Waals surface area (Å²) in [5.41, 5.74) is 1.85. The van der Waals surface area contributed by atoms with Gasteiger partial charge in [-0.15, -0.1) is 0 Å². The van der Waals surface area contributed by atoms with Crippen molar-refractivity contribution in [3.63, 3.8) is 0 Å². The summed E-state index contributed by atoms with van der Waals surface area (Å²) >= 11 is 0. The predicted octanol–water partition coefficient (Wildman–Crippen LogP) is 3.14. The minimum absolute atomic E-state index is 0.0162. The average molecular weight is 182 g/mol. The first-order chi connectivity index (χ1) is 5.87. The Morgan fingerprint density at radius 2 is 2.08 bits per heavy atom. The maximum absolute atomic E-state index is 9.28. The molecule has 0 saturated carbocycles. The van der Waals surface area contributed by atoms with Crippen LogP contribution in [0.15, 0.2) is 11.6 Å². The first-order valence-corrected chi connectivity index (χ1v) is 5.18. The molecule has 76 valence electrons. The Balaban J connectivity index is 2.77. The number of aliphatic hydroxyl groups is 1. The Hall–Kier alpha value is -0.300. The smallest absolute Gasteiger partial charge is 0.0519 e. The molecule has 0 unspecified atom stereocenters. The van der Waals surface area contributed by atoms with Crippen molar-refractivity contribution in [2.45, 2.75) is 47.0 Å². The molecule has 0 aromatic carbocycles. The van der Waals surface area contributed by atoms with Crippen LogP contribution in [0.3, 0.4) is 0 Å². The summed E-state index contributed by atoms with van der Waals surface area (Å²) in [6.07, 6.45) is 5.91. The SMILES string of the molecule is CC1(C)CCC=C(C(C)(C)CO)C1. The molecule has 1 aliphatic rings. The fourth-order valence-electron chi connectivity index (χ4n) is 1.93. The molecule has 0 atom stereocenters. The van der Waals surface area contributed by atoms with Crippen molar-refractivity contribution in [3.8, 4) is 0 Å². The number of allylic oxidation sites excluding steroid dienone is 1. The summed E-state index contributed by atoms with van der Waals surface area (Å²) in [6.45, 7) is 9.14. The van der Waals surface area contributed by atoms with Gasteiger partial charge in [-0.05, 0) is 24.7 Å². The Morgan fingerprint density at radius 1 is 1.46 bits per heavy atom. The quantitative estimate of drug-likeness (QED) is 0.650. The molecule has 0 fully saturated rings. The normalized spacial score (nSPS) is 22.7. The zero-order valence-electron chi connectivity index (χ0n) is 9.35. The average Bonchev–Trinajstić information content (AvgIpc) is 2.03. The van der Waals surface area contributed by atoms with Crippen molar-refractivity contribution >= 4 is 0 Å². The van der Waals surface area contributed by atoms with Gasteiger partial charge in [0.2, 0.25) is 0 Å². The molecule has 0 amide bonds. The van der Waals surface area contributed by atoms with Gasteiger partial charge in [0.25, 0.3) is 0 Å². The standard InChI is InChI=1S/C12H22O/c1-11(2)7-5-6-10(8-11)12(3,4)9-13/h6,13H,5,7-9H2,1-4H3. The van der Waals surface area contributed by atoms with E-state index in [4.69, 9.17) is 0 Å². The van der Waals surface area contributed by atoms with Gasteiger partial charge in [0.1, 0.15) is 0 Å². The summed E-state index contributed by atoms with van der Waals surface area (Å²) in [4.78, 5) is 0. The van der Waals surface area contributed by atoms with Crippen LogP contribution in [0.2, 0.25) is 0 Å². The van der Waals surface area contributed by atoms with Crippen molar-refractivity contribution in [2.75, 3.05) is 6.61 Å². The minimum Gasteiger partial charge on any atom is -0.395 e. The molecular formula is C12H22O. The van der Waals surface area contributed by atoms with Crippen LogP contribution < -0.4 is 0 Å². The summed E-state index contributed by atoms with van der Waals surface area (Å²) in [5.74, 6) is 0. The molecule has 0 heterocycles. The van der Waals surface area contributed by atoms with Gasteiger partial charge in [-0.25, -0.2) is 0 Å². The third-order valence-corrected chi connectivity index (χ3v) is 3.15. The molecule has 0 saturated heterocycles. The third-order valence-electron chi connectivity index (χ3n) is 3.15. The lowest BCUT2D eigenvalue weighted by atomic mass is 9.70. The van der Waals surface area contributed by atoms with E-state index >= 15 is 0 Å². The Morgan fingerprint density at radius 3 is 2.54 bits per heavy atom. The third kappa shape index (κ3) is 2.57. The highest BCUT2D eigenvalue weighted by Gasteiger charge is 2.30. The number of aliphatic hydroxyl groups excluding tert-OH is 1. The molecule has 1 heteroatoms. The van der Waals surface area contributed by atoms with Gasteiger partial charge in [0.15, 0.2) is 0 Å². The van der Waals surface area contributed by atoms with Crippen LogP contribution in [0.25, 0.3) is 0 Å². The van der Waals surface area contributed by atoms with Crippen molar-refractivity contribution in [1.82, 2.24) is 0 Å². The number of hydrogen-bond donors (Lipinski definition) is 1. The molecule has 0 spiro atoms. The maximum Gasteiger partial charge on any atom is 0.0519 e. The van der Waals surface area contributed by atoms with Crippen LogP contribution >= 0.6 is 0 Å². The van der Waals surface area contributed by atoms with Gasteiger partial charge < -0.3 is 5.11 Å². The molecule has 1 rings (SSSR count). The van der Waals surface area contributed by atoms with Crippen LogP contribution in [-0.4, -0.2) is 11.7 Å². The Kier molecular flexibility index (Phi) is 2.86. The minimum atomic E-state index is -0.0162. The molecule has 13 heavy (non-hydrogen) atoms. The van der Waals surface area contributed by atoms with E-state index in [1.807, 2.05) is 0 Å². The molecule has 0 bridgehead atoms. The lowest BCUT2D eigenvalue weighted by Crippen LogP contribution is -2.26. The van der Waals surface area contributed by atoms with Gasteiger partial charge >= 0.3 is 0 Å². The van der Waals surface area contributed by atoms with E-state index in [-0.39, 0.29) is 12.0 Å². The van der Waals surface area contributed by atoms with E-state index in [0.717, 1.165) is 6.42 Å². The lowest BCUT2D eigenvalue weighted by Gasteiger charge is -2.36. The highest BCUT2D eigenvalue weighted by Crippen LogP contribution is 2.42. The zero-order valence-corrected chi connectivity index (χ0v) is 9.35. The molecule has 0 aromatic rings. The maximum atomic E-state index is 9.28. The monoisotopic (exact) mass is 182 g/mol. The Bertz CT molecular complexity index is 211. The van der Waals surface area contributed by atoms with Gasteiger partial charge in [0.05, 0.1) is 6.61 Å². The molecule has 1 N–H and O–H groups in total. The van der Waals surface area contributed by atoms with Gasteiger partial charge in [-0.1, -0.05) is 39.3 Å². The van der Waals surface area contributed by atoms with Crippen LogP contribution in [0.5, 0.6) is 0 Å². The topological polar surface area (TPSA) is 20.2 Å². The van der Waals surface area contributed by atoms with Gasteiger partial charge in [0, 0.05) is 5.41 Å². The van der Waals surface area contributed by atoms with Crippen LogP contribution in [-0.2, 0) is 0 Å². The molecule has 0 aromatic heterocycles. The summed E-state index contributed by atoms with van der Waals surface area (Å²) in [7, 11) is 0. The fraction of sp³-hybridized carbons (Fsp3) is 0.833. The molecule has 1 nitrogen and oxygen atoms in total. The predicted molar refractivity (Wildman–Crippen MR) is 56.6 cm³/mol. The summed E-state index contributed by atoms with van der Waals surface area (Å²) < 4.78 is 0. The first kappa shape index (κ1) is 10.8. The van der Waals surface area contributed by atoms with Crippen LogP contribution in [0.1, 0.15) is 47.0 Å². The van der Waals surface area contributed by atoms with E-state index in [0.29, 0.717) is 5.41 Å². The van der Waals surface area contributed by atoms with E-state index in [2.05, 4.69) is 33.8 Å². The number of rotatable bonds is 2. The van der Waals surface area contributed by atoms with Gasteiger partial charge in [-0.3, -0.25) is 0 Å². The summed E-state index contributed by atoms with van der Waals surface area (Å²) in [6, 6.07) is 0. The number of hydrogen-bond acceptors (Lipinski definition) is 1. The molecular weight excluding hydrogens is 160 g/mol. The summed E-state index contributed by atoms with van der Waals surface area (Å²) in [5, 5.41) is 9.28. The lowest BCUT2D eigenvalue weighted by molar-refractivity contribution is 0.171. The van der Waals surface area contributed by atoms with Crippen molar-refractivity contribution < 1.29 is 5.11 Å². The van der Waals surface area contributed by atoms with E-state index in [1.54, 1.807) is 0 Å². The van der Waals surface area contributed by atoms with E-state index in [1.165, 1.54) is 18.4 Å². The van der Waals surface area contributed by atoms with Crippen LogP contribution in [0.4, 0.5) is 0 Å². The highest BCUT2D eigenvalue weighted by atomic mass is 16.3. The molecule has 1 aliphatic carbocycles. The van der Waals surface area contributed by atoms with Gasteiger partial charge in [-0.2, -0.15) is 0 Å². The van der Waals surface area contributed by atoms with Crippen molar-refractivity contribution in [3.05, 3.63) is 11.6 Å². The van der Waals surface area contributed by atoms with Crippen molar-refractivity contribution in [2.24, 2.45) is 10.8 Å². The molecule has 0 aliphatic heterocycles. The second kappa shape index (κ2) is 3.45. The first-order valence-electron chi connectivity index (χ1n) is 5.18. The fourth-order valence-corrected chi connectivity index (χ4v) is 1.93.